The highest BCUT2D eigenvalue weighted by Gasteiger charge is 2.41. The predicted octanol–water partition coefficient (Wildman–Crippen LogP) is 3.17. The number of nitrogens with zero attached hydrogens (tertiary/aromatic N) is 2. The van der Waals surface area contributed by atoms with Crippen molar-refractivity contribution in [3.8, 4) is 0 Å². The number of hydrogen-bond donors (Lipinski definition) is 1. The third-order valence-corrected chi connectivity index (χ3v) is 5.79. The van der Waals surface area contributed by atoms with Crippen LogP contribution in [-0.4, -0.2) is 54.5 Å². The van der Waals surface area contributed by atoms with Crippen molar-refractivity contribution in [1.29, 1.82) is 0 Å². The van der Waals surface area contributed by atoms with Crippen molar-refractivity contribution in [2.24, 2.45) is 5.41 Å². The summed E-state index contributed by atoms with van der Waals surface area (Å²) in [6, 6.07) is 4.60. The molecule has 2 aliphatic rings. The summed E-state index contributed by atoms with van der Waals surface area (Å²) < 4.78 is 27.5. The molecule has 2 heterocycles. The Hall–Kier alpha value is -1.53. The van der Waals surface area contributed by atoms with E-state index in [-0.39, 0.29) is 17.4 Å². The Morgan fingerprint density at radius 1 is 1.19 bits per heavy atom. The number of carbonyl (C=O) groups is 1. The molecule has 0 aromatic heterocycles. The summed E-state index contributed by atoms with van der Waals surface area (Å²) >= 11 is 0. The number of nitrogens with one attached hydrogen (secondary N) is 1. The molecule has 1 aromatic rings. The SMILES string of the molecule is CC(C)NC(=O)CCN1CCC2(CCCN(Cc3cccc(F)c3F)C2)C1. The van der Waals surface area contributed by atoms with Gasteiger partial charge < -0.3 is 10.2 Å². The van der Waals surface area contributed by atoms with Gasteiger partial charge >= 0.3 is 0 Å². The first-order valence-electron chi connectivity index (χ1n) is 10.0. The molecule has 1 unspecified atom stereocenters. The minimum Gasteiger partial charge on any atom is -0.354 e. The van der Waals surface area contributed by atoms with Gasteiger partial charge in [0.2, 0.25) is 5.91 Å². The van der Waals surface area contributed by atoms with Gasteiger partial charge in [-0.05, 0) is 57.7 Å². The van der Waals surface area contributed by atoms with Crippen LogP contribution in [0.1, 0.15) is 45.1 Å². The van der Waals surface area contributed by atoms with E-state index in [1.807, 2.05) is 13.8 Å². The second-order valence-corrected chi connectivity index (χ2v) is 8.53. The molecule has 1 aromatic carbocycles. The largest absolute Gasteiger partial charge is 0.354 e. The van der Waals surface area contributed by atoms with Crippen LogP contribution in [0.3, 0.4) is 0 Å². The van der Waals surface area contributed by atoms with Crippen molar-refractivity contribution in [2.75, 3.05) is 32.7 Å². The van der Waals surface area contributed by atoms with Crippen LogP contribution in [0.2, 0.25) is 0 Å². The fourth-order valence-electron chi connectivity index (χ4n) is 4.56. The van der Waals surface area contributed by atoms with E-state index in [1.54, 1.807) is 12.1 Å². The van der Waals surface area contributed by atoms with Gasteiger partial charge in [0.15, 0.2) is 11.6 Å². The van der Waals surface area contributed by atoms with Crippen LogP contribution in [-0.2, 0) is 11.3 Å². The van der Waals surface area contributed by atoms with Crippen LogP contribution in [0.25, 0.3) is 0 Å². The van der Waals surface area contributed by atoms with Crippen molar-refractivity contribution in [3.05, 3.63) is 35.4 Å². The first-order valence-corrected chi connectivity index (χ1v) is 10.0. The molecule has 2 fully saturated rings. The summed E-state index contributed by atoms with van der Waals surface area (Å²) in [5.41, 5.74) is 0.656. The van der Waals surface area contributed by atoms with Crippen LogP contribution in [0.5, 0.6) is 0 Å². The third-order valence-electron chi connectivity index (χ3n) is 5.79. The molecule has 0 bridgehead atoms. The quantitative estimate of drug-likeness (QED) is 0.825. The molecule has 1 spiro atoms. The number of hydrogen-bond acceptors (Lipinski definition) is 3. The second-order valence-electron chi connectivity index (χ2n) is 8.53. The third kappa shape index (κ3) is 5.26. The standard InChI is InChI=1S/C21H31F2N3O/c1-16(2)24-19(27)7-11-25-12-9-21(14-25)8-4-10-26(15-21)13-17-5-3-6-18(22)20(17)23/h3,5-6,16H,4,7-15H2,1-2H3,(H,24,27). The Balaban J connectivity index is 1.53. The van der Waals surface area contributed by atoms with Gasteiger partial charge in [-0.3, -0.25) is 9.69 Å². The van der Waals surface area contributed by atoms with Crippen LogP contribution < -0.4 is 5.32 Å². The fraction of sp³-hybridized carbons (Fsp3) is 0.667. The molecule has 6 heteroatoms. The minimum atomic E-state index is -0.772. The molecule has 27 heavy (non-hydrogen) atoms. The van der Waals surface area contributed by atoms with E-state index in [2.05, 4.69) is 15.1 Å². The number of halogens is 2. The van der Waals surface area contributed by atoms with Gasteiger partial charge in [-0.15, -0.1) is 0 Å². The van der Waals surface area contributed by atoms with Gasteiger partial charge in [0.05, 0.1) is 0 Å². The Morgan fingerprint density at radius 3 is 2.74 bits per heavy atom. The van der Waals surface area contributed by atoms with Gasteiger partial charge in [-0.1, -0.05) is 12.1 Å². The first kappa shape index (κ1) is 20.2. The molecular weight excluding hydrogens is 348 g/mol. The highest BCUT2D eigenvalue weighted by atomic mass is 19.2. The maximum Gasteiger partial charge on any atom is 0.221 e. The highest BCUT2D eigenvalue weighted by molar-refractivity contribution is 5.76. The molecule has 1 atom stereocenters. The van der Waals surface area contributed by atoms with Gasteiger partial charge in [-0.25, -0.2) is 8.78 Å². The summed E-state index contributed by atoms with van der Waals surface area (Å²) in [6.07, 6.45) is 3.90. The lowest BCUT2D eigenvalue weighted by Gasteiger charge is -2.40. The van der Waals surface area contributed by atoms with Crippen molar-refractivity contribution in [3.63, 3.8) is 0 Å². The smallest absolute Gasteiger partial charge is 0.221 e. The summed E-state index contributed by atoms with van der Waals surface area (Å²) in [5.74, 6) is -1.38. The van der Waals surface area contributed by atoms with E-state index < -0.39 is 11.6 Å². The number of benzene rings is 1. The van der Waals surface area contributed by atoms with E-state index in [9.17, 15) is 13.6 Å². The predicted molar refractivity (Wildman–Crippen MR) is 102 cm³/mol. The zero-order valence-corrected chi connectivity index (χ0v) is 16.4. The Kier molecular flexibility index (Phi) is 6.48. The zero-order valence-electron chi connectivity index (χ0n) is 16.4. The maximum atomic E-state index is 14.0. The lowest BCUT2D eigenvalue weighted by Crippen LogP contribution is -2.44. The average Bonchev–Trinajstić information content (AvgIpc) is 2.99. The molecule has 1 amide bonds. The van der Waals surface area contributed by atoms with Gasteiger partial charge in [0, 0.05) is 44.2 Å². The van der Waals surface area contributed by atoms with Crippen molar-refractivity contribution in [1.82, 2.24) is 15.1 Å². The molecule has 2 aliphatic heterocycles. The highest BCUT2D eigenvalue weighted by Crippen LogP contribution is 2.39. The van der Waals surface area contributed by atoms with E-state index in [0.29, 0.717) is 18.5 Å². The topological polar surface area (TPSA) is 35.6 Å². The second kappa shape index (κ2) is 8.65. The van der Waals surface area contributed by atoms with Crippen LogP contribution >= 0.6 is 0 Å². The number of likely N-dealkylation sites (tertiary alicyclic amines) is 2. The molecule has 1 N–H and O–H groups in total. The number of amides is 1. The minimum absolute atomic E-state index is 0.109. The summed E-state index contributed by atoms with van der Waals surface area (Å²) in [5, 5.41) is 2.94. The molecule has 0 radical (unpaired) electrons. The molecule has 3 rings (SSSR count). The van der Waals surface area contributed by atoms with E-state index in [0.717, 1.165) is 45.6 Å². The monoisotopic (exact) mass is 379 g/mol. The van der Waals surface area contributed by atoms with Crippen molar-refractivity contribution < 1.29 is 13.6 Å². The molecular formula is C21H31F2N3O. The fourth-order valence-corrected chi connectivity index (χ4v) is 4.56. The average molecular weight is 379 g/mol. The Bertz CT molecular complexity index is 667. The van der Waals surface area contributed by atoms with Crippen molar-refractivity contribution in [2.45, 2.75) is 52.1 Å². The molecule has 4 nitrogen and oxygen atoms in total. The summed E-state index contributed by atoms with van der Waals surface area (Å²) in [4.78, 5) is 16.5. The molecule has 0 aliphatic carbocycles. The first-order chi connectivity index (χ1) is 12.9. The van der Waals surface area contributed by atoms with E-state index in [4.69, 9.17) is 0 Å². The molecule has 0 saturated carbocycles. The Labute approximate surface area is 160 Å². The van der Waals surface area contributed by atoms with Crippen molar-refractivity contribution >= 4 is 5.91 Å². The lowest BCUT2D eigenvalue weighted by molar-refractivity contribution is -0.121. The van der Waals surface area contributed by atoms with E-state index in [1.165, 1.54) is 12.5 Å². The molecule has 150 valence electrons. The maximum absolute atomic E-state index is 14.0. The number of piperidine rings is 1. The van der Waals surface area contributed by atoms with E-state index >= 15 is 0 Å². The van der Waals surface area contributed by atoms with Crippen LogP contribution in [0, 0.1) is 17.0 Å². The molecule has 2 saturated heterocycles. The normalized spacial score (nSPS) is 24.0. The van der Waals surface area contributed by atoms with Gasteiger partial charge in [0.25, 0.3) is 0 Å². The van der Waals surface area contributed by atoms with Gasteiger partial charge in [-0.2, -0.15) is 0 Å². The number of rotatable bonds is 6. The lowest BCUT2D eigenvalue weighted by atomic mass is 9.79. The summed E-state index contributed by atoms with van der Waals surface area (Å²) in [7, 11) is 0. The van der Waals surface area contributed by atoms with Gasteiger partial charge in [0.1, 0.15) is 0 Å². The Morgan fingerprint density at radius 2 is 1.96 bits per heavy atom. The van der Waals surface area contributed by atoms with Crippen LogP contribution in [0.4, 0.5) is 8.78 Å². The number of carbonyl (C=O) groups excluding carboxylic acids is 1. The zero-order chi connectivity index (χ0) is 19.4. The van der Waals surface area contributed by atoms with Crippen LogP contribution in [0.15, 0.2) is 18.2 Å². The summed E-state index contributed by atoms with van der Waals surface area (Å²) in [6.45, 7) is 9.04.